The number of aliphatic hydroxyl groups is 1. The minimum absolute atomic E-state index is 0.0253. The van der Waals surface area contributed by atoms with Crippen LogP contribution in [0.15, 0.2) is 46.7 Å². The van der Waals surface area contributed by atoms with Crippen molar-refractivity contribution in [2.45, 2.75) is 39.8 Å². The fraction of sp³-hybridized carbons (Fsp3) is 0.423. The number of aromatic amines is 1. The maximum absolute atomic E-state index is 9.47. The average molecular weight is 478 g/mol. The van der Waals surface area contributed by atoms with Crippen LogP contribution in [0.1, 0.15) is 33.4 Å². The summed E-state index contributed by atoms with van der Waals surface area (Å²) in [6.45, 7) is 9.79. The van der Waals surface area contributed by atoms with Crippen molar-refractivity contribution in [3.63, 3.8) is 0 Å². The Morgan fingerprint density at radius 3 is 2.86 bits per heavy atom. The molecule has 0 fully saturated rings. The fourth-order valence-corrected chi connectivity index (χ4v) is 4.32. The van der Waals surface area contributed by atoms with Crippen molar-refractivity contribution >= 4 is 22.7 Å². The van der Waals surface area contributed by atoms with Gasteiger partial charge in [-0.15, -0.1) is 0 Å². The molecule has 0 unspecified atom stereocenters. The van der Waals surface area contributed by atoms with Gasteiger partial charge in [0.2, 0.25) is 5.88 Å². The molecular formula is C26H35N7O2. The van der Waals surface area contributed by atoms with E-state index in [2.05, 4.69) is 47.0 Å². The predicted molar refractivity (Wildman–Crippen MR) is 140 cm³/mol. The number of aryl methyl sites for hydroxylation is 1. The molecule has 9 heteroatoms. The topological polar surface area (TPSA) is 118 Å². The monoisotopic (exact) mass is 477 g/mol. The smallest absolute Gasteiger partial charge is 0.219 e. The number of hydrogen-bond donors (Lipinski definition) is 3. The van der Waals surface area contributed by atoms with E-state index in [9.17, 15) is 5.11 Å². The number of rotatable bonds is 3. The molecular weight excluding hydrogens is 442 g/mol. The molecule has 1 aliphatic rings. The Kier molecular flexibility index (Phi) is 7.37. The first-order chi connectivity index (χ1) is 16.8. The van der Waals surface area contributed by atoms with Crippen LogP contribution in [0.5, 0.6) is 5.88 Å². The van der Waals surface area contributed by atoms with Gasteiger partial charge in [-0.2, -0.15) is 10.2 Å². The first kappa shape index (κ1) is 24.7. The zero-order valence-electron chi connectivity index (χ0n) is 21.1. The second kappa shape index (κ2) is 10.5. The summed E-state index contributed by atoms with van der Waals surface area (Å²) in [5, 5.41) is 22.5. The highest BCUT2D eigenvalue weighted by molar-refractivity contribution is 6.05. The van der Waals surface area contributed by atoms with E-state index in [-0.39, 0.29) is 18.8 Å². The fourth-order valence-electron chi connectivity index (χ4n) is 4.32. The van der Waals surface area contributed by atoms with Crippen molar-refractivity contribution in [2.24, 2.45) is 17.8 Å². The van der Waals surface area contributed by atoms with Crippen molar-refractivity contribution in [3.8, 4) is 17.0 Å². The number of benzene rings is 1. The van der Waals surface area contributed by atoms with Gasteiger partial charge in [0.05, 0.1) is 41.8 Å². The standard InChI is InChI=1S/C26H35N7O2/c1-16(2)33-14-17(3)35-26-22(13-29-32(26)5)19-6-8-23-21(12-19)24(31-30-23)9-7-20(18(4)27)25(15-33)28-10-11-34/h6-9,12-13,16-17,34H,10-11,14-15,27H2,1-5H3,(H,30,31)/b9-7+,20-18-,28-25?/t17-/m0/s1. The molecule has 1 aliphatic heterocycles. The summed E-state index contributed by atoms with van der Waals surface area (Å²) < 4.78 is 8.24. The van der Waals surface area contributed by atoms with Gasteiger partial charge < -0.3 is 15.6 Å². The molecule has 35 heavy (non-hydrogen) atoms. The molecule has 4 N–H and O–H groups in total. The largest absolute Gasteiger partial charge is 0.473 e. The average Bonchev–Trinajstić information content (AvgIpc) is 3.38. The Morgan fingerprint density at radius 2 is 2.14 bits per heavy atom. The number of nitrogens with one attached hydrogen (secondary N) is 1. The highest BCUT2D eigenvalue weighted by atomic mass is 16.5. The maximum atomic E-state index is 9.47. The van der Waals surface area contributed by atoms with Crippen molar-refractivity contribution in [1.29, 1.82) is 0 Å². The molecule has 4 rings (SSSR count). The SMILES string of the molecule is C/C(N)=C1\C=C\c2[nH]nc3ccc(cc23)-c2cnn(C)c2O[C@@H](C)CN(C(C)C)CC1=NCCO. The minimum atomic E-state index is -0.106. The summed E-state index contributed by atoms with van der Waals surface area (Å²) >= 11 is 0. The Labute approximate surface area is 206 Å². The van der Waals surface area contributed by atoms with Crippen LogP contribution in [0.3, 0.4) is 0 Å². The molecule has 0 amide bonds. The number of aliphatic hydroxyl groups excluding tert-OH is 1. The van der Waals surface area contributed by atoms with Crippen LogP contribution in [0, 0.1) is 0 Å². The van der Waals surface area contributed by atoms with Crippen molar-refractivity contribution < 1.29 is 9.84 Å². The van der Waals surface area contributed by atoms with Gasteiger partial charge in [-0.3, -0.25) is 15.0 Å². The van der Waals surface area contributed by atoms with Gasteiger partial charge >= 0.3 is 0 Å². The third-order valence-electron chi connectivity index (χ3n) is 6.22. The minimum Gasteiger partial charge on any atom is -0.473 e. The molecule has 2 bridgehead atoms. The van der Waals surface area contributed by atoms with Crippen LogP contribution < -0.4 is 10.5 Å². The number of nitrogens with two attached hydrogens (primary N) is 1. The highest BCUT2D eigenvalue weighted by Gasteiger charge is 2.22. The third kappa shape index (κ3) is 5.31. The van der Waals surface area contributed by atoms with E-state index in [0.29, 0.717) is 25.3 Å². The van der Waals surface area contributed by atoms with Crippen LogP contribution in [-0.2, 0) is 7.05 Å². The van der Waals surface area contributed by atoms with E-state index >= 15 is 0 Å². The van der Waals surface area contributed by atoms with E-state index in [1.54, 1.807) is 4.68 Å². The summed E-state index contributed by atoms with van der Waals surface area (Å²) in [6, 6.07) is 6.38. The first-order valence-electron chi connectivity index (χ1n) is 12.0. The lowest BCUT2D eigenvalue weighted by Gasteiger charge is -2.30. The van der Waals surface area contributed by atoms with E-state index in [1.807, 2.05) is 44.5 Å². The van der Waals surface area contributed by atoms with Crippen LogP contribution in [0.4, 0.5) is 0 Å². The Morgan fingerprint density at radius 1 is 1.34 bits per heavy atom. The Bertz CT molecular complexity index is 1280. The lowest BCUT2D eigenvalue weighted by Crippen LogP contribution is -2.42. The van der Waals surface area contributed by atoms with E-state index in [1.165, 1.54) is 0 Å². The molecule has 0 aliphatic carbocycles. The zero-order chi connectivity index (χ0) is 25.1. The summed E-state index contributed by atoms with van der Waals surface area (Å²) in [4.78, 5) is 7.02. The van der Waals surface area contributed by atoms with Gasteiger partial charge in [-0.25, -0.2) is 4.68 Å². The normalized spacial score (nSPS) is 21.1. The first-order valence-corrected chi connectivity index (χ1v) is 12.0. The number of hydrogen-bond acceptors (Lipinski definition) is 7. The summed E-state index contributed by atoms with van der Waals surface area (Å²) in [5.41, 5.74) is 12.4. The van der Waals surface area contributed by atoms with Crippen molar-refractivity contribution in [1.82, 2.24) is 24.9 Å². The van der Waals surface area contributed by atoms with Gasteiger partial charge in [-0.1, -0.05) is 6.07 Å². The number of nitrogens with zero attached hydrogens (tertiary/aromatic N) is 5. The predicted octanol–water partition coefficient (Wildman–Crippen LogP) is 3.13. The number of ether oxygens (including phenoxy) is 1. The van der Waals surface area contributed by atoms with Crippen LogP contribution in [0.2, 0.25) is 0 Å². The third-order valence-corrected chi connectivity index (χ3v) is 6.22. The summed E-state index contributed by atoms with van der Waals surface area (Å²) in [7, 11) is 1.89. The lowest BCUT2D eigenvalue weighted by molar-refractivity contribution is 0.128. The second-order valence-corrected chi connectivity index (χ2v) is 9.29. The van der Waals surface area contributed by atoms with Gasteiger partial charge in [0.15, 0.2) is 0 Å². The number of aliphatic imine (C=N–C) groups is 1. The van der Waals surface area contributed by atoms with Gasteiger partial charge in [0.1, 0.15) is 6.10 Å². The van der Waals surface area contributed by atoms with E-state index in [0.717, 1.165) is 44.9 Å². The second-order valence-electron chi connectivity index (χ2n) is 9.29. The molecule has 0 radical (unpaired) electrons. The molecule has 186 valence electrons. The van der Waals surface area contributed by atoms with Crippen LogP contribution >= 0.6 is 0 Å². The quantitative estimate of drug-likeness (QED) is 0.534. The molecule has 1 atom stereocenters. The molecule has 0 spiro atoms. The van der Waals surface area contributed by atoms with E-state index < -0.39 is 0 Å². The lowest BCUT2D eigenvalue weighted by atomic mass is 10.0. The van der Waals surface area contributed by atoms with Gasteiger partial charge in [0, 0.05) is 42.8 Å². The molecule has 0 saturated carbocycles. The maximum Gasteiger partial charge on any atom is 0.219 e. The number of aromatic nitrogens is 4. The highest BCUT2D eigenvalue weighted by Crippen LogP contribution is 2.33. The van der Waals surface area contributed by atoms with Gasteiger partial charge in [0.25, 0.3) is 0 Å². The Balaban J connectivity index is 1.90. The number of fused-ring (bicyclic) bond motifs is 3. The molecule has 9 nitrogen and oxygen atoms in total. The molecule has 3 aromatic rings. The zero-order valence-corrected chi connectivity index (χ0v) is 21.1. The summed E-state index contributed by atoms with van der Waals surface area (Å²) in [6.07, 6.45) is 5.71. The molecule has 2 aromatic heterocycles. The van der Waals surface area contributed by atoms with Crippen LogP contribution in [-0.4, -0.2) is 74.1 Å². The molecule has 1 aromatic carbocycles. The van der Waals surface area contributed by atoms with Crippen molar-refractivity contribution in [2.75, 3.05) is 26.2 Å². The Hall–Kier alpha value is -3.43. The van der Waals surface area contributed by atoms with E-state index in [4.69, 9.17) is 15.5 Å². The summed E-state index contributed by atoms with van der Waals surface area (Å²) in [5.74, 6) is 0.726. The number of allylic oxidation sites excluding steroid dienone is 2. The molecule has 3 heterocycles. The van der Waals surface area contributed by atoms with Crippen LogP contribution in [0.25, 0.3) is 28.1 Å². The molecule has 0 saturated heterocycles. The van der Waals surface area contributed by atoms with Crippen molar-refractivity contribution in [3.05, 3.63) is 47.4 Å². The van der Waals surface area contributed by atoms with Gasteiger partial charge in [-0.05, 0) is 57.5 Å². The number of H-pyrrole nitrogens is 1.